The van der Waals surface area contributed by atoms with Gasteiger partial charge in [-0.15, -0.1) is 0 Å². The van der Waals surface area contributed by atoms with Gasteiger partial charge in [-0.05, 0) is 52.6 Å². The van der Waals surface area contributed by atoms with E-state index in [1.54, 1.807) is 0 Å². The van der Waals surface area contributed by atoms with Crippen LogP contribution in [0.3, 0.4) is 0 Å². The molecule has 0 fully saturated rings. The molecule has 0 aliphatic rings. The van der Waals surface area contributed by atoms with Crippen molar-refractivity contribution in [1.29, 1.82) is 0 Å². The molecule has 3 aromatic heterocycles. The van der Waals surface area contributed by atoms with E-state index in [1.807, 2.05) is 72.8 Å². The minimum Gasteiger partial charge on any atom is -0.438 e. The molecule has 258 valence electrons. The molecule has 0 bridgehead atoms. The summed E-state index contributed by atoms with van der Waals surface area (Å²) in [4.78, 5) is 20.2. The molecule has 10 aromatic rings. The standard InChI is InChI=1S/C50H32N4O/c1-4-15-33(16-5-1)43-32-44(52-48(51-43)35-19-8-3-9-20-35)40-25-13-23-38(30-40)36-21-12-22-37(29-36)39-24-14-26-41(31-39)49-53-47(34-17-6-2-7-18-34)46-42-27-10-11-28-45(42)55-50(46)54-49/h1-32H. The number of furan rings is 1. The third kappa shape index (κ3) is 6.24. The molecule has 0 N–H and O–H groups in total. The fourth-order valence-electron chi connectivity index (χ4n) is 7.20. The summed E-state index contributed by atoms with van der Waals surface area (Å²) in [6.07, 6.45) is 0. The monoisotopic (exact) mass is 704 g/mol. The SMILES string of the molecule is c1ccc(-c2cc(-c3cccc(-c4cccc(-c5cccc(-c6nc(-c7ccccc7)c7c(n6)oc6ccccc67)c5)c4)c3)nc(-c3ccccc3)n2)cc1. The molecule has 0 atom stereocenters. The van der Waals surface area contributed by atoms with Gasteiger partial charge in [0.1, 0.15) is 5.58 Å². The van der Waals surface area contributed by atoms with Crippen LogP contribution in [0.2, 0.25) is 0 Å². The summed E-state index contributed by atoms with van der Waals surface area (Å²) in [5, 5.41) is 1.93. The lowest BCUT2D eigenvalue weighted by molar-refractivity contribution is 0.653. The van der Waals surface area contributed by atoms with Crippen molar-refractivity contribution in [2.24, 2.45) is 0 Å². The largest absolute Gasteiger partial charge is 0.438 e. The van der Waals surface area contributed by atoms with E-state index in [0.29, 0.717) is 17.4 Å². The van der Waals surface area contributed by atoms with E-state index < -0.39 is 0 Å². The Labute approximate surface area is 318 Å². The fraction of sp³-hybridized carbons (Fsp3) is 0. The summed E-state index contributed by atoms with van der Waals surface area (Å²) < 4.78 is 6.30. The van der Waals surface area contributed by atoms with Crippen LogP contribution in [0.15, 0.2) is 199 Å². The second-order valence-electron chi connectivity index (χ2n) is 13.5. The second kappa shape index (κ2) is 13.8. The van der Waals surface area contributed by atoms with Gasteiger partial charge in [0.15, 0.2) is 11.6 Å². The number of fused-ring (bicyclic) bond motifs is 3. The van der Waals surface area contributed by atoms with E-state index in [0.717, 1.165) is 83.5 Å². The van der Waals surface area contributed by atoms with Crippen LogP contribution >= 0.6 is 0 Å². The summed E-state index contributed by atoms with van der Waals surface area (Å²) in [5.41, 5.74) is 13.3. The maximum atomic E-state index is 6.30. The van der Waals surface area contributed by atoms with Crippen molar-refractivity contribution in [1.82, 2.24) is 19.9 Å². The summed E-state index contributed by atoms with van der Waals surface area (Å²) in [6.45, 7) is 0. The minimum atomic E-state index is 0.577. The van der Waals surface area contributed by atoms with Gasteiger partial charge in [0, 0.05) is 33.2 Å². The Morgan fingerprint density at radius 3 is 1.42 bits per heavy atom. The smallest absolute Gasteiger partial charge is 0.231 e. The lowest BCUT2D eigenvalue weighted by Gasteiger charge is -2.11. The average Bonchev–Trinajstić information content (AvgIpc) is 3.66. The first-order chi connectivity index (χ1) is 27.2. The van der Waals surface area contributed by atoms with Gasteiger partial charge in [0.25, 0.3) is 0 Å². The van der Waals surface area contributed by atoms with E-state index in [-0.39, 0.29) is 0 Å². The molecular formula is C50H32N4O. The zero-order chi connectivity index (χ0) is 36.6. The van der Waals surface area contributed by atoms with Crippen molar-refractivity contribution >= 4 is 22.1 Å². The van der Waals surface area contributed by atoms with Crippen LogP contribution in [0.25, 0.3) is 101 Å². The van der Waals surface area contributed by atoms with Crippen molar-refractivity contribution in [2.75, 3.05) is 0 Å². The average molecular weight is 705 g/mol. The molecule has 0 amide bonds. The van der Waals surface area contributed by atoms with Crippen LogP contribution in [0.5, 0.6) is 0 Å². The summed E-state index contributed by atoms with van der Waals surface area (Å²) in [5.74, 6) is 1.31. The van der Waals surface area contributed by atoms with Gasteiger partial charge in [-0.1, -0.05) is 164 Å². The number of hydrogen-bond acceptors (Lipinski definition) is 5. The van der Waals surface area contributed by atoms with E-state index in [4.69, 9.17) is 24.4 Å². The van der Waals surface area contributed by atoms with Crippen molar-refractivity contribution in [3.8, 4) is 78.8 Å². The highest BCUT2D eigenvalue weighted by atomic mass is 16.3. The molecule has 10 rings (SSSR count). The molecule has 0 unspecified atom stereocenters. The van der Waals surface area contributed by atoms with Crippen LogP contribution in [-0.2, 0) is 0 Å². The number of rotatable bonds is 7. The van der Waals surface area contributed by atoms with Gasteiger partial charge < -0.3 is 4.42 Å². The number of nitrogens with zero attached hydrogens (tertiary/aromatic N) is 4. The van der Waals surface area contributed by atoms with Crippen LogP contribution in [-0.4, -0.2) is 19.9 Å². The maximum Gasteiger partial charge on any atom is 0.231 e. The van der Waals surface area contributed by atoms with Crippen LogP contribution in [0.1, 0.15) is 0 Å². The Morgan fingerprint density at radius 1 is 0.309 bits per heavy atom. The number of para-hydroxylation sites is 1. The molecule has 0 aliphatic heterocycles. The Morgan fingerprint density at radius 2 is 0.764 bits per heavy atom. The van der Waals surface area contributed by atoms with E-state index in [1.165, 1.54) is 0 Å². The lowest BCUT2D eigenvalue weighted by atomic mass is 9.96. The van der Waals surface area contributed by atoms with Gasteiger partial charge in [0.2, 0.25) is 5.71 Å². The molecule has 0 saturated carbocycles. The topological polar surface area (TPSA) is 64.7 Å². The van der Waals surface area contributed by atoms with E-state index in [9.17, 15) is 0 Å². The Bertz CT molecular complexity index is 2920. The zero-order valence-corrected chi connectivity index (χ0v) is 29.7. The van der Waals surface area contributed by atoms with Gasteiger partial charge in [-0.2, -0.15) is 4.98 Å². The highest BCUT2D eigenvalue weighted by Crippen LogP contribution is 2.37. The van der Waals surface area contributed by atoms with Gasteiger partial charge in [0.05, 0.1) is 22.5 Å². The minimum absolute atomic E-state index is 0.577. The first-order valence-corrected chi connectivity index (χ1v) is 18.3. The summed E-state index contributed by atoms with van der Waals surface area (Å²) >= 11 is 0. The molecule has 5 nitrogen and oxygen atoms in total. The zero-order valence-electron chi connectivity index (χ0n) is 29.7. The highest BCUT2D eigenvalue weighted by molar-refractivity contribution is 6.10. The molecule has 55 heavy (non-hydrogen) atoms. The Kier molecular flexibility index (Phi) is 8.08. The lowest BCUT2D eigenvalue weighted by Crippen LogP contribution is -1.96. The Hall–Kier alpha value is -7.50. The van der Waals surface area contributed by atoms with Crippen molar-refractivity contribution in [2.45, 2.75) is 0 Å². The van der Waals surface area contributed by atoms with Gasteiger partial charge in [-0.3, -0.25) is 0 Å². The molecule has 3 heterocycles. The van der Waals surface area contributed by atoms with E-state index >= 15 is 0 Å². The predicted molar refractivity (Wildman–Crippen MR) is 223 cm³/mol. The first-order valence-electron chi connectivity index (χ1n) is 18.3. The molecule has 0 aliphatic carbocycles. The van der Waals surface area contributed by atoms with Crippen LogP contribution in [0.4, 0.5) is 0 Å². The molecule has 0 radical (unpaired) electrons. The quantitative estimate of drug-likeness (QED) is 0.165. The molecule has 7 aromatic carbocycles. The predicted octanol–water partition coefficient (Wildman–Crippen LogP) is 12.8. The third-order valence-corrected chi connectivity index (χ3v) is 9.92. The normalized spacial score (nSPS) is 11.3. The summed E-state index contributed by atoms with van der Waals surface area (Å²) in [6, 6.07) is 66.4. The van der Waals surface area contributed by atoms with Gasteiger partial charge in [-0.25, -0.2) is 15.0 Å². The fourth-order valence-corrected chi connectivity index (χ4v) is 7.20. The molecule has 0 saturated heterocycles. The second-order valence-corrected chi connectivity index (χ2v) is 13.5. The number of aromatic nitrogens is 4. The first kappa shape index (κ1) is 32.2. The third-order valence-electron chi connectivity index (χ3n) is 9.92. The van der Waals surface area contributed by atoms with Crippen molar-refractivity contribution in [3.05, 3.63) is 194 Å². The van der Waals surface area contributed by atoms with Gasteiger partial charge >= 0.3 is 0 Å². The number of hydrogen-bond donors (Lipinski definition) is 0. The molecule has 5 heteroatoms. The highest BCUT2D eigenvalue weighted by Gasteiger charge is 2.18. The Balaban J connectivity index is 1.03. The summed E-state index contributed by atoms with van der Waals surface area (Å²) in [7, 11) is 0. The van der Waals surface area contributed by atoms with Crippen LogP contribution < -0.4 is 0 Å². The van der Waals surface area contributed by atoms with Crippen LogP contribution in [0, 0.1) is 0 Å². The maximum absolute atomic E-state index is 6.30. The number of benzene rings is 7. The van der Waals surface area contributed by atoms with Crippen molar-refractivity contribution < 1.29 is 4.42 Å². The van der Waals surface area contributed by atoms with Crippen molar-refractivity contribution in [3.63, 3.8) is 0 Å². The molecule has 0 spiro atoms. The molecular weight excluding hydrogens is 673 g/mol. The van der Waals surface area contributed by atoms with E-state index in [2.05, 4.69) is 121 Å².